The van der Waals surface area contributed by atoms with E-state index in [-0.39, 0.29) is 0 Å². The lowest BCUT2D eigenvalue weighted by Crippen LogP contribution is -1.91. The first kappa shape index (κ1) is 25.8. The van der Waals surface area contributed by atoms with Gasteiger partial charge < -0.3 is 9.40 Å². The summed E-state index contributed by atoms with van der Waals surface area (Å²) in [4.78, 5) is 3.68. The molecule has 2 nitrogen and oxygen atoms in total. The molecule has 11 aromatic rings. The van der Waals surface area contributed by atoms with Gasteiger partial charge in [0.25, 0.3) is 0 Å². The molecule has 0 aliphatic carbocycles. The number of fused-ring (bicyclic) bond motifs is 12. The van der Waals surface area contributed by atoms with Crippen molar-refractivity contribution in [2.24, 2.45) is 0 Å². The van der Waals surface area contributed by atoms with Gasteiger partial charge in [0, 0.05) is 32.6 Å². The zero-order valence-electron chi connectivity index (χ0n) is 25.9. The number of benzene rings is 9. The van der Waals surface area contributed by atoms with E-state index in [4.69, 9.17) is 4.42 Å². The van der Waals surface area contributed by atoms with E-state index in [9.17, 15) is 0 Å². The summed E-state index contributed by atoms with van der Waals surface area (Å²) < 4.78 is 6.39. The van der Waals surface area contributed by atoms with Crippen LogP contribution in [0.15, 0.2) is 162 Å². The monoisotopic (exact) mass is 609 g/mol. The molecule has 222 valence electrons. The summed E-state index contributed by atoms with van der Waals surface area (Å²) >= 11 is 0. The molecule has 11 rings (SSSR count). The van der Waals surface area contributed by atoms with Crippen molar-refractivity contribution in [2.75, 3.05) is 0 Å². The smallest absolute Gasteiger partial charge is 0.136 e. The lowest BCUT2D eigenvalue weighted by atomic mass is 9.85. The minimum Gasteiger partial charge on any atom is -0.456 e. The van der Waals surface area contributed by atoms with Crippen LogP contribution in [0.4, 0.5) is 0 Å². The predicted molar refractivity (Wildman–Crippen MR) is 204 cm³/mol. The standard InChI is InChI=1S/C46H27NO/c1-3-11-31-27(9-1)17-22-40-45(31)37-25-29(18-21-39(37)47-40)43-33-13-5-7-15-35(33)44(36-16-8-6-14-34(36)43)30-20-23-41-38(26-30)46-32-12-4-2-10-28(32)19-24-42(46)48-41/h1-26,47H. The molecule has 0 atom stereocenters. The molecule has 0 aliphatic rings. The van der Waals surface area contributed by atoms with Crippen LogP contribution in [-0.4, -0.2) is 4.98 Å². The van der Waals surface area contributed by atoms with Crippen LogP contribution in [0.3, 0.4) is 0 Å². The number of hydrogen-bond donors (Lipinski definition) is 1. The van der Waals surface area contributed by atoms with E-state index < -0.39 is 0 Å². The highest BCUT2D eigenvalue weighted by atomic mass is 16.3. The zero-order valence-corrected chi connectivity index (χ0v) is 25.9. The molecule has 0 radical (unpaired) electrons. The van der Waals surface area contributed by atoms with Crippen molar-refractivity contribution in [3.05, 3.63) is 158 Å². The normalized spacial score (nSPS) is 12.2. The summed E-state index contributed by atoms with van der Waals surface area (Å²) in [6.45, 7) is 0. The van der Waals surface area contributed by atoms with Crippen LogP contribution in [-0.2, 0) is 0 Å². The van der Waals surface area contributed by atoms with Crippen molar-refractivity contribution in [3.63, 3.8) is 0 Å². The Balaban J connectivity index is 1.22. The van der Waals surface area contributed by atoms with Crippen LogP contribution in [0.5, 0.6) is 0 Å². The predicted octanol–water partition coefficient (Wildman–Crippen LogP) is 13.2. The van der Waals surface area contributed by atoms with Crippen molar-refractivity contribution in [2.45, 2.75) is 0 Å². The van der Waals surface area contributed by atoms with E-state index in [1.54, 1.807) is 0 Å². The van der Waals surface area contributed by atoms with Gasteiger partial charge in [-0.3, -0.25) is 0 Å². The Kier molecular flexibility index (Phi) is 5.14. The minimum atomic E-state index is 0.912. The van der Waals surface area contributed by atoms with Crippen molar-refractivity contribution in [1.82, 2.24) is 4.98 Å². The number of H-pyrrole nitrogens is 1. The average molecular weight is 610 g/mol. The maximum Gasteiger partial charge on any atom is 0.136 e. The first-order valence-corrected chi connectivity index (χ1v) is 16.5. The summed E-state index contributed by atoms with van der Waals surface area (Å²) in [5.74, 6) is 0. The van der Waals surface area contributed by atoms with Crippen molar-refractivity contribution in [1.29, 1.82) is 0 Å². The van der Waals surface area contributed by atoms with E-state index in [2.05, 4.69) is 163 Å². The molecule has 0 saturated carbocycles. The second kappa shape index (κ2) is 9.57. The molecule has 0 aliphatic heterocycles. The van der Waals surface area contributed by atoms with Gasteiger partial charge in [0.2, 0.25) is 0 Å². The largest absolute Gasteiger partial charge is 0.456 e. The lowest BCUT2D eigenvalue weighted by molar-refractivity contribution is 0.669. The molecule has 0 saturated heterocycles. The number of hydrogen-bond acceptors (Lipinski definition) is 1. The van der Waals surface area contributed by atoms with Gasteiger partial charge in [0.05, 0.1) is 0 Å². The van der Waals surface area contributed by atoms with E-state index in [0.717, 1.165) is 22.1 Å². The third-order valence-corrected chi connectivity index (χ3v) is 10.4. The summed E-state index contributed by atoms with van der Waals surface area (Å²) in [6.07, 6.45) is 0. The third-order valence-electron chi connectivity index (χ3n) is 10.4. The Bertz CT molecular complexity index is 2850. The van der Waals surface area contributed by atoms with E-state index >= 15 is 0 Å². The fraction of sp³-hybridized carbons (Fsp3) is 0. The maximum atomic E-state index is 6.39. The molecule has 1 N–H and O–H groups in total. The van der Waals surface area contributed by atoms with E-state index in [1.165, 1.54) is 87.0 Å². The first-order valence-electron chi connectivity index (χ1n) is 16.5. The summed E-state index contributed by atoms with van der Waals surface area (Å²) in [6, 6.07) is 57.4. The molecule has 9 aromatic carbocycles. The second-order valence-corrected chi connectivity index (χ2v) is 12.9. The highest BCUT2D eigenvalue weighted by Crippen LogP contribution is 2.46. The molecular formula is C46H27NO. The van der Waals surface area contributed by atoms with E-state index in [0.29, 0.717) is 0 Å². The van der Waals surface area contributed by atoms with Gasteiger partial charge in [0.1, 0.15) is 11.2 Å². The van der Waals surface area contributed by atoms with Crippen LogP contribution < -0.4 is 0 Å². The molecule has 0 bridgehead atoms. The molecule has 0 unspecified atom stereocenters. The van der Waals surface area contributed by atoms with Gasteiger partial charge >= 0.3 is 0 Å². The van der Waals surface area contributed by atoms with Crippen LogP contribution in [0.1, 0.15) is 0 Å². The Morgan fingerprint density at radius 2 is 0.812 bits per heavy atom. The number of aromatic amines is 1. The topological polar surface area (TPSA) is 28.9 Å². The van der Waals surface area contributed by atoms with Gasteiger partial charge in [-0.25, -0.2) is 0 Å². The number of furan rings is 1. The van der Waals surface area contributed by atoms with Crippen molar-refractivity contribution < 1.29 is 4.42 Å². The Labute approximate surface area is 275 Å². The molecular weight excluding hydrogens is 583 g/mol. The molecule has 48 heavy (non-hydrogen) atoms. The SMILES string of the molecule is c1ccc2c(c1)ccc1[nH]c3ccc(-c4c5ccccc5c(-c5ccc6oc7ccc8ccccc8c7c6c5)c5ccccc45)cc3c12. The van der Waals surface area contributed by atoms with Gasteiger partial charge in [-0.05, 0) is 102 Å². The van der Waals surface area contributed by atoms with Gasteiger partial charge in [0.15, 0.2) is 0 Å². The maximum absolute atomic E-state index is 6.39. The Morgan fingerprint density at radius 1 is 0.333 bits per heavy atom. The van der Waals surface area contributed by atoms with Crippen molar-refractivity contribution >= 4 is 86.8 Å². The number of aromatic nitrogens is 1. The van der Waals surface area contributed by atoms with Crippen molar-refractivity contribution in [3.8, 4) is 22.3 Å². The highest BCUT2D eigenvalue weighted by Gasteiger charge is 2.19. The molecule has 2 heterocycles. The second-order valence-electron chi connectivity index (χ2n) is 12.9. The molecule has 2 aromatic heterocycles. The average Bonchev–Trinajstić information content (AvgIpc) is 3.72. The lowest BCUT2D eigenvalue weighted by Gasteiger charge is -2.18. The van der Waals surface area contributed by atoms with Crippen LogP contribution in [0, 0.1) is 0 Å². The zero-order chi connectivity index (χ0) is 31.3. The number of nitrogens with one attached hydrogen (secondary N) is 1. The third kappa shape index (κ3) is 3.52. The fourth-order valence-corrected chi connectivity index (χ4v) is 8.28. The molecule has 0 amide bonds. The fourth-order valence-electron chi connectivity index (χ4n) is 8.28. The van der Waals surface area contributed by atoms with Gasteiger partial charge in [-0.1, -0.05) is 121 Å². The Hall–Kier alpha value is -6.38. The molecule has 0 fully saturated rings. The minimum absolute atomic E-state index is 0.912. The summed E-state index contributed by atoms with van der Waals surface area (Å²) in [5.41, 5.74) is 9.09. The van der Waals surface area contributed by atoms with Gasteiger partial charge in [-0.2, -0.15) is 0 Å². The Morgan fingerprint density at radius 3 is 1.46 bits per heavy atom. The first-order chi connectivity index (χ1) is 23.8. The quantitative estimate of drug-likeness (QED) is 0.194. The molecule has 0 spiro atoms. The van der Waals surface area contributed by atoms with Crippen LogP contribution in [0.2, 0.25) is 0 Å². The van der Waals surface area contributed by atoms with Crippen LogP contribution >= 0.6 is 0 Å². The summed E-state index contributed by atoms with van der Waals surface area (Å²) in [7, 11) is 0. The summed E-state index contributed by atoms with van der Waals surface area (Å²) in [5, 5.41) is 14.8. The molecule has 2 heteroatoms. The number of rotatable bonds is 2. The van der Waals surface area contributed by atoms with Gasteiger partial charge in [-0.15, -0.1) is 0 Å². The van der Waals surface area contributed by atoms with E-state index in [1.807, 2.05) is 0 Å². The highest BCUT2D eigenvalue weighted by molar-refractivity contribution is 6.25. The van der Waals surface area contributed by atoms with Crippen LogP contribution in [0.25, 0.3) is 109 Å².